The standard InChI is InChI=1S/C12H20N4O3/c1-2-4-8(13)9(17)16-6-3-5-12(7-16)10(18)14-11(19)15-12/h8H,2-7,13H2,1H3,(H2,14,15,18,19)/t8-,12?/m0/s1. The van der Waals surface area contributed by atoms with Gasteiger partial charge in [-0.2, -0.15) is 0 Å². The summed E-state index contributed by atoms with van der Waals surface area (Å²) in [5, 5.41) is 4.87. The molecule has 0 aromatic carbocycles. The zero-order valence-corrected chi connectivity index (χ0v) is 11.1. The molecule has 4 amide bonds. The number of hydrogen-bond acceptors (Lipinski definition) is 4. The van der Waals surface area contributed by atoms with Crippen LogP contribution in [0.15, 0.2) is 0 Å². The number of nitrogens with one attached hydrogen (secondary N) is 2. The van der Waals surface area contributed by atoms with Crippen molar-refractivity contribution in [2.24, 2.45) is 5.73 Å². The molecule has 4 N–H and O–H groups in total. The smallest absolute Gasteiger partial charge is 0.322 e. The average molecular weight is 268 g/mol. The molecule has 2 aliphatic heterocycles. The summed E-state index contributed by atoms with van der Waals surface area (Å²) in [6.07, 6.45) is 2.69. The first-order chi connectivity index (χ1) is 8.98. The Labute approximate surface area is 111 Å². The first-order valence-corrected chi connectivity index (χ1v) is 6.66. The van der Waals surface area contributed by atoms with Crippen molar-refractivity contribution in [2.75, 3.05) is 13.1 Å². The Kier molecular flexibility index (Phi) is 3.75. The summed E-state index contributed by atoms with van der Waals surface area (Å²) in [5.74, 6) is -0.492. The minimum atomic E-state index is -0.961. The molecule has 2 rings (SSSR count). The van der Waals surface area contributed by atoms with E-state index in [2.05, 4.69) is 10.6 Å². The fourth-order valence-corrected chi connectivity index (χ4v) is 2.73. The van der Waals surface area contributed by atoms with Crippen molar-refractivity contribution in [3.63, 3.8) is 0 Å². The number of carbonyl (C=O) groups excluding carboxylic acids is 3. The summed E-state index contributed by atoms with van der Waals surface area (Å²) in [5.41, 5.74) is 4.87. The lowest BCUT2D eigenvalue weighted by molar-refractivity contribution is -0.137. The Morgan fingerprint density at radius 1 is 1.53 bits per heavy atom. The van der Waals surface area contributed by atoms with Crippen LogP contribution in [0.25, 0.3) is 0 Å². The SMILES string of the molecule is CCC[C@H](N)C(=O)N1CCCC2(C1)NC(=O)NC2=O. The third-order valence-electron chi connectivity index (χ3n) is 3.74. The summed E-state index contributed by atoms with van der Waals surface area (Å²) in [6.45, 7) is 2.76. The van der Waals surface area contributed by atoms with Crippen LogP contribution in [0, 0.1) is 0 Å². The predicted molar refractivity (Wildman–Crippen MR) is 68.1 cm³/mol. The Balaban J connectivity index is 2.07. The molecule has 7 nitrogen and oxygen atoms in total. The Morgan fingerprint density at radius 2 is 2.26 bits per heavy atom. The Morgan fingerprint density at radius 3 is 2.84 bits per heavy atom. The van der Waals surface area contributed by atoms with Crippen molar-refractivity contribution in [1.29, 1.82) is 0 Å². The molecule has 0 radical (unpaired) electrons. The Hall–Kier alpha value is -1.63. The maximum atomic E-state index is 12.2. The van der Waals surface area contributed by atoms with Crippen molar-refractivity contribution in [1.82, 2.24) is 15.5 Å². The van der Waals surface area contributed by atoms with E-state index < -0.39 is 17.6 Å². The van der Waals surface area contributed by atoms with Crippen molar-refractivity contribution < 1.29 is 14.4 Å². The molecule has 2 saturated heterocycles. The highest BCUT2D eigenvalue weighted by molar-refractivity contribution is 6.07. The van der Waals surface area contributed by atoms with Crippen LogP contribution >= 0.6 is 0 Å². The molecular formula is C12H20N4O3. The zero-order valence-electron chi connectivity index (χ0n) is 11.1. The molecule has 0 aromatic heterocycles. The van der Waals surface area contributed by atoms with E-state index >= 15 is 0 Å². The van der Waals surface area contributed by atoms with Crippen molar-refractivity contribution in [2.45, 2.75) is 44.2 Å². The van der Waals surface area contributed by atoms with E-state index in [0.29, 0.717) is 25.8 Å². The molecule has 0 bridgehead atoms. The number of amides is 4. The summed E-state index contributed by atoms with van der Waals surface area (Å²) < 4.78 is 0. The molecule has 2 atom stereocenters. The van der Waals surface area contributed by atoms with E-state index in [4.69, 9.17) is 5.73 Å². The minimum Gasteiger partial charge on any atom is -0.338 e. The van der Waals surface area contributed by atoms with Gasteiger partial charge in [-0.25, -0.2) is 4.79 Å². The summed E-state index contributed by atoms with van der Waals surface area (Å²) in [6, 6.07) is -1.02. The highest BCUT2D eigenvalue weighted by Gasteiger charge is 2.49. The van der Waals surface area contributed by atoms with Gasteiger partial charge in [-0.05, 0) is 19.3 Å². The van der Waals surface area contributed by atoms with E-state index in [1.807, 2.05) is 6.92 Å². The number of urea groups is 1. The van der Waals surface area contributed by atoms with Crippen molar-refractivity contribution >= 4 is 17.8 Å². The lowest BCUT2D eigenvalue weighted by atomic mass is 9.88. The number of hydrogen-bond donors (Lipinski definition) is 3. The molecule has 0 saturated carbocycles. The van der Waals surface area contributed by atoms with Crippen LogP contribution in [-0.2, 0) is 9.59 Å². The van der Waals surface area contributed by atoms with Crippen LogP contribution in [-0.4, -0.2) is 47.4 Å². The highest BCUT2D eigenvalue weighted by atomic mass is 16.2. The molecule has 7 heteroatoms. The number of imide groups is 1. The van der Waals surface area contributed by atoms with Crippen LogP contribution < -0.4 is 16.4 Å². The monoisotopic (exact) mass is 268 g/mol. The van der Waals surface area contributed by atoms with Gasteiger partial charge in [0.25, 0.3) is 5.91 Å². The van der Waals surface area contributed by atoms with Gasteiger partial charge < -0.3 is 16.0 Å². The van der Waals surface area contributed by atoms with Gasteiger partial charge in [0.2, 0.25) is 5.91 Å². The Bertz CT molecular complexity index is 412. The summed E-state index contributed by atoms with van der Waals surface area (Å²) in [7, 11) is 0. The molecule has 0 aliphatic carbocycles. The highest BCUT2D eigenvalue weighted by Crippen LogP contribution is 2.24. The van der Waals surface area contributed by atoms with Crippen LogP contribution in [0.1, 0.15) is 32.6 Å². The van der Waals surface area contributed by atoms with E-state index in [0.717, 1.165) is 6.42 Å². The van der Waals surface area contributed by atoms with Gasteiger partial charge in [0.1, 0.15) is 5.54 Å². The van der Waals surface area contributed by atoms with Crippen LogP contribution in [0.2, 0.25) is 0 Å². The van der Waals surface area contributed by atoms with Crippen LogP contribution in [0.3, 0.4) is 0 Å². The van der Waals surface area contributed by atoms with Gasteiger partial charge in [0.15, 0.2) is 0 Å². The first kappa shape index (κ1) is 13.8. The first-order valence-electron chi connectivity index (χ1n) is 6.66. The van der Waals surface area contributed by atoms with Gasteiger partial charge in [-0.3, -0.25) is 14.9 Å². The van der Waals surface area contributed by atoms with Gasteiger partial charge in [-0.1, -0.05) is 13.3 Å². The number of nitrogens with two attached hydrogens (primary N) is 1. The number of likely N-dealkylation sites (tertiary alicyclic amines) is 1. The number of nitrogens with zero attached hydrogens (tertiary/aromatic N) is 1. The van der Waals surface area contributed by atoms with Gasteiger partial charge in [-0.15, -0.1) is 0 Å². The minimum absolute atomic E-state index is 0.144. The largest absolute Gasteiger partial charge is 0.338 e. The van der Waals surface area contributed by atoms with Crippen molar-refractivity contribution in [3.05, 3.63) is 0 Å². The second-order valence-corrected chi connectivity index (χ2v) is 5.25. The lowest BCUT2D eigenvalue weighted by Gasteiger charge is -2.39. The quantitative estimate of drug-likeness (QED) is 0.589. The third-order valence-corrected chi connectivity index (χ3v) is 3.74. The molecule has 1 spiro atoms. The predicted octanol–water partition coefficient (Wildman–Crippen LogP) is -0.686. The van der Waals surface area contributed by atoms with Gasteiger partial charge in [0, 0.05) is 6.54 Å². The number of carbonyl (C=O) groups is 3. The summed E-state index contributed by atoms with van der Waals surface area (Å²) >= 11 is 0. The van der Waals surface area contributed by atoms with Crippen LogP contribution in [0.4, 0.5) is 4.79 Å². The molecule has 0 aromatic rings. The van der Waals surface area contributed by atoms with Gasteiger partial charge in [0.05, 0.1) is 12.6 Å². The second-order valence-electron chi connectivity index (χ2n) is 5.25. The maximum Gasteiger partial charge on any atom is 0.322 e. The zero-order chi connectivity index (χ0) is 14.0. The topological polar surface area (TPSA) is 105 Å². The van der Waals surface area contributed by atoms with Crippen LogP contribution in [0.5, 0.6) is 0 Å². The summed E-state index contributed by atoms with van der Waals surface area (Å²) in [4.78, 5) is 36.9. The molecule has 106 valence electrons. The lowest BCUT2D eigenvalue weighted by Crippen LogP contribution is -2.61. The molecular weight excluding hydrogens is 248 g/mol. The number of piperidine rings is 1. The molecule has 19 heavy (non-hydrogen) atoms. The average Bonchev–Trinajstić information content (AvgIpc) is 2.63. The number of rotatable bonds is 3. The van der Waals surface area contributed by atoms with E-state index in [9.17, 15) is 14.4 Å². The molecule has 2 fully saturated rings. The maximum absolute atomic E-state index is 12.2. The normalized spacial score (nSPS) is 28.2. The van der Waals surface area contributed by atoms with E-state index in [1.165, 1.54) is 0 Å². The molecule has 2 aliphatic rings. The third kappa shape index (κ3) is 2.56. The molecule has 1 unspecified atom stereocenters. The second kappa shape index (κ2) is 5.16. The molecule has 2 heterocycles. The van der Waals surface area contributed by atoms with Gasteiger partial charge >= 0.3 is 6.03 Å². The van der Waals surface area contributed by atoms with E-state index in [-0.39, 0.29) is 18.4 Å². The fraction of sp³-hybridized carbons (Fsp3) is 0.750. The van der Waals surface area contributed by atoms with E-state index in [1.54, 1.807) is 4.90 Å². The fourth-order valence-electron chi connectivity index (χ4n) is 2.73. The van der Waals surface area contributed by atoms with Crippen molar-refractivity contribution in [3.8, 4) is 0 Å².